The fourth-order valence-electron chi connectivity index (χ4n) is 4.33. The summed E-state index contributed by atoms with van der Waals surface area (Å²) in [5.41, 5.74) is 2.96. The van der Waals surface area contributed by atoms with Crippen molar-refractivity contribution in [3.05, 3.63) is 59.2 Å². The largest absolute Gasteiger partial charge is 0.476 e. The van der Waals surface area contributed by atoms with Crippen molar-refractivity contribution in [1.29, 1.82) is 0 Å². The molecule has 0 aromatic heterocycles. The van der Waals surface area contributed by atoms with Gasteiger partial charge in [-0.1, -0.05) is 83.2 Å². The van der Waals surface area contributed by atoms with E-state index in [4.69, 9.17) is 9.47 Å². The van der Waals surface area contributed by atoms with Crippen LogP contribution in [-0.4, -0.2) is 24.2 Å². The molecule has 0 saturated heterocycles. The number of aryl methyl sites for hydroxylation is 1. The lowest BCUT2D eigenvalue weighted by Gasteiger charge is -2.25. The highest BCUT2D eigenvalue weighted by molar-refractivity contribution is 5.91. The van der Waals surface area contributed by atoms with E-state index < -0.39 is 11.6 Å². The van der Waals surface area contributed by atoms with Crippen LogP contribution >= 0.6 is 0 Å². The average Bonchev–Trinajstić information content (AvgIpc) is 2.84. The third kappa shape index (κ3) is 9.42. The van der Waals surface area contributed by atoms with Crippen molar-refractivity contribution in [2.45, 2.75) is 105 Å². The summed E-state index contributed by atoms with van der Waals surface area (Å²) in [6, 6.07) is 13.4. The molecule has 204 valence electrons. The standard InChI is InChI=1S/C31H46N2O4/c1-8-10-11-12-13-17-27(32-30(35)33-28-23(5)15-14-16-26(28)22(3)4)24-18-20-25(21-19-24)37-31(6,7)29(34)36-9-2/h14-16,18-22,27H,8-13,17H2,1-7H3,(H2,32,33,35). The summed E-state index contributed by atoms with van der Waals surface area (Å²) in [5.74, 6) is 0.477. The van der Waals surface area contributed by atoms with Crippen LogP contribution < -0.4 is 15.4 Å². The van der Waals surface area contributed by atoms with Gasteiger partial charge in [-0.25, -0.2) is 9.59 Å². The van der Waals surface area contributed by atoms with Gasteiger partial charge in [-0.2, -0.15) is 0 Å². The first-order valence-corrected chi connectivity index (χ1v) is 13.7. The molecule has 0 bridgehead atoms. The molecule has 0 aliphatic heterocycles. The lowest BCUT2D eigenvalue weighted by Crippen LogP contribution is -2.39. The van der Waals surface area contributed by atoms with Crippen molar-refractivity contribution >= 4 is 17.7 Å². The summed E-state index contributed by atoms with van der Waals surface area (Å²) in [6.07, 6.45) is 6.63. The van der Waals surface area contributed by atoms with Gasteiger partial charge in [0, 0.05) is 5.69 Å². The number of rotatable bonds is 14. The minimum Gasteiger partial charge on any atom is -0.476 e. The lowest BCUT2D eigenvalue weighted by atomic mass is 9.98. The van der Waals surface area contributed by atoms with Crippen molar-refractivity contribution in [3.8, 4) is 5.75 Å². The van der Waals surface area contributed by atoms with Gasteiger partial charge in [-0.15, -0.1) is 0 Å². The molecule has 0 aliphatic carbocycles. The molecule has 0 spiro atoms. The van der Waals surface area contributed by atoms with Crippen LogP contribution in [-0.2, 0) is 9.53 Å². The van der Waals surface area contributed by atoms with E-state index in [9.17, 15) is 9.59 Å². The number of ether oxygens (including phenoxy) is 2. The zero-order valence-electron chi connectivity index (χ0n) is 23.8. The number of para-hydroxylation sites is 1. The molecular formula is C31H46N2O4. The van der Waals surface area contributed by atoms with E-state index in [2.05, 4.69) is 37.5 Å². The Morgan fingerprint density at radius 3 is 2.24 bits per heavy atom. The number of hydrogen-bond donors (Lipinski definition) is 2. The van der Waals surface area contributed by atoms with Crippen LogP contribution in [0, 0.1) is 6.92 Å². The molecule has 2 rings (SSSR count). The molecular weight excluding hydrogens is 464 g/mol. The van der Waals surface area contributed by atoms with Crippen LogP contribution in [0.5, 0.6) is 5.75 Å². The number of hydrogen-bond acceptors (Lipinski definition) is 4. The van der Waals surface area contributed by atoms with Crippen molar-refractivity contribution in [2.24, 2.45) is 0 Å². The third-order valence-corrected chi connectivity index (χ3v) is 6.49. The van der Waals surface area contributed by atoms with Gasteiger partial charge in [-0.3, -0.25) is 0 Å². The topological polar surface area (TPSA) is 76.7 Å². The van der Waals surface area contributed by atoms with Gasteiger partial charge in [0.2, 0.25) is 0 Å². The first-order chi connectivity index (χ1) is 17.6. The molecule has 2 aromatic carbocycles. The molecule has 2 aromatic rings. The first kappa shape index (κ1) is 30.2. The van der Waals surface area contributed by atoms with E-state index in [0.29, 0.717) is 18.3 Å². The van der Waals surface area contributed by atoms with E-state index in [0.717, 1.165) is 41.6 Å². The summed E-state index contributed by atoms with van der Waals surface area (Å²) >= 11 is 0. The van der Waals surface area contributed by atoms with Crippen LogP contribution in [0.2, 0.25) is 0 Å². The van der Waals surface area contributed by atoms with Gasteiger partial charge in [0.25, 0.3) is 0 Å². The summed E-state index contributed by atoms with van der Waals surface area (Å²) in [7, 11) is 0. The maximum atomic E-state index is 13.2. The predicted octanol–water partition coefficient (Wildman–Crippen LogP) is 8.06. The minimum absolute atomic E-state index is 0.139. The highest BCUT2D eigenvalue weighted by atomic mass is 16.6. The number of urea groups is 1. The summed E-state index contributed by atoms with van der Waals surface area (Å²) in [6.45, 7) is 14.0. The number of nitrogens with one attached hydrogen (secondary N) is 2. The molecule has 1 unspecified atom stereocenters. The number of esters is 1. The normalized spacial score (nSPS) is 12.2. The van der Waals surface area contributed by atoms with Gasteiger partial charge in [0.1, 0.15) is 5.75 Å². The molecule has 0 fully saturated rings. The van der Waals surface area contributed by atoms with E-state index >= 15 is 0 Å². The lowest BCUT2D eigenvalue weighted by molar-refractivity contribution is -0.158. The highest BCUT2D eigenvalue weighted by Gasteiger charge is 2.31. The molecule has 0 radical (unpaired) electrons. The number of carbonyl (C=O) groups excluding carboxylic acids is 2. The molecule has 0 aliphatic rings. The number of anilines is 1. The Labute approximate surface area is 223 Å². The zero-order chi connectivity index (χ0) is 27.4. The maximum Gasteiger partial charge on any atom is 0.349 e. The Kier molecular flexibility index (Phi) is 12.0. The van der Waals surface area contributed by atoms with Crippen LogP contribution in [0.3, 0.4) is 0 Å². The molecule has 2 N–H and O–H groups in total. The smallest absolute Gasteiger partial charge is 0.349 e. The van der Waals surface area contributed by atoms with E-state index in [-0.39, 0.29) is 12.1 Å². The maximum absolute atomic E-state index is 13.2. The number of unbranched alkanes of at least 4 members (excludes halogenated alkanes) is 4. The second-order valence-corrected chi connectivity index (χ2v) is 10.4. The van der Waals surface area contributed by atoms with Gasteiger partial charge in [0.15, 0.2) is 5.60 Å². The molecule has 6 heteroatoms. The molecule has 1 atom stereocenters. The van der Waals surface area contributed by atoms with Crippen LogP contribution in [0.1, 0.15) is 109 Å². The summed E-state index contributed by atoms with van der Waals surface area (Å²) in [4.78, 5) is 25.3. The Morgan fingerprint density at radius 1 is 0.946 bits per heavy atom. The minimum atomic E-state index is -1.09. The van der Waals surface area contributed by atoms with E-state index in [1.807, 2.05) is 43.3 Å². The Hall–Kier alpha value is -3.02. The van der Waals surface area contributed by atoms with Crippen molar-refractivity contribution < 1.29 is 19.1 Å². The molecule has 2 amide bonds. The molecule has 0 saturated carbocycles. The number of benzene rings is 2. The van der Waals surface area contributed by atoms with Gasteiger partial charge >= 0.3 is 12.0 Å². The SMILES string of the molecule is CCCCCCCC(NC(=O)Nc1c(C)cccc1C(C)C)c1ccc(OC(C)(C)C(=O)OCC)cc1. The number of amides is 2. The second-order valence-electron chi connectivity index (χ2n) is 10.4. The second kappa shape index (κ2) is 14.7. The number of carbonyl (C=O) groups is 2. The van der Waals surface area contributed by atoms with Crippen LogP contribution in [0.25, 0.3) is 0 Å². The van der Waals surface area contributed by atoms with E-state index in [1.54, 1.807) is 20.8 Å². The zero-order valence-corrected chi connectivity index (χ0v) is 23.8. The highest BCUT2D eigenvalue weighted by Crippen LogP contribution is 2.29. The fourth-order valence-corrected chi connectivity index (χ4v) is 4.33. The van der Waals surface area contributed by atoms with Gasteiger partial charge in [-0.05, 0) is 68.9 Å². The van der Waals surface area contributed by atoms with Gasteiger partial charge in [0.05, 0.1) is 12.6 Å². The van der Waals surface area contributed by atoms with Gasteiger partial charge < -0.3 is 20.1 Å². The van der Waals surface area contributed by atoms with E-state index in [1.165, 1.54) is 19.3 Å². The fraction of sp³-hybridized carbons (Fsp3) is 0.548. The van der Waals surface area contributed by atoms with Crippen LogP contribution in [0.15, 0.2) is 42.5 Å². The molecule has 6 nitrogen and oxygen atoms in total. The molecule has 0 heterocycles. The monoisotopic (exact) mass is 510 g/mol. The third-order valence-electron chi connectivity index (χ3n) is 6.49. The summed E-state index contributed by atoms with van der Waals surface area (Å²) in [5, 5.41) is 6.32. The van der Waals surface area contributed by atoms with Crippen molar-refractivity contribution in [2.75, 3.05) is 11.9 Å². The average molecular weight is 511 g/mol. The summed E-state index contributed by atoms with van der Waals surface area (Å²) < 4.78 is 11.0. The quantitative estimate of drug-likeness (QED) is 0.199. The van der Waals surface area contributed by atoms with Crippen LogP contribution in [0.4, 0.5) is 10.5 Å². The Balaban J connectivity index is 2.17. The first-order valence-electron chi connectivity index (χ1n) is 13.7. The van der Waals surface area contributed by atoms with Crippen molar-refractivity contribution in [3.63, 3.8) is 0 Å². The van der Waals surface area contributed by atoms with Crippen molar-refractivity contribution in [1.82, 2.24) is 5.32 Å². The Bertz CT molecular complexity index is 999. The molecule has 37 heavy (non-hydrogen) atoms. The predicted molar refractivity (Wildman–Crippen MR) is 151 cm³/mol. The Morgan fingerprint density at radius 2 is 1.62 bits per heavy atom.